The molecule has 1 aromatic carbocycles. The third-order valence-corrected chi connectivity index (χ3v) is 4.44. The highest BCUT2D eigenvalue weighted by atomic mass is 16.5. The summed E-state index contributed by atoms with van der Waals surface area (Å²) in [7, 11) is 0. The van der Waals surface area contributed by atoms with Crippen molar-refractivity contribution < 1.29 is 9.47 Å². The standard InChI is InChI=1S/C17H25NO2/c1-12(14-4-5-14)11-18-13(2)15-6-7-16-17(10-15)20-9-3-8-19-16/h6-7,10,12-14,18H,3-5,8-9,11H2,1-2H3. The fourth-order valence-electron chi connectivity index (χ4n) is 2.76. The lowest BCUT2D eigenvalue weighted by atomic mass is 10.0. The molecule has 1 heterocycles. The van der Waals surface area contributed by atoms with E-state index in [1.165, 1.54) is 18.4 Å². The molecule has 0 aromatic heterocycles. The van der Waals surface area contributed by atoms with Crippen molar-refractivity contribution in [2.75, 3.05) is 19.8 Å². The summed E-state index contributed by atoms with van der Waals surface area (Å²) < 4.78 is 11.4. The summed E-state index contributed by atoms with van der Waals surface area (Å²) in [5, 5.41) is 3.65. The SMILES string of the molecule is CC(NCC(C)C1CC1)c1ccc2c(c1)OCCCO2. The minimum absolute atomic E-state index is 0.355. The first-order chi connectivity index (χ1) is 9.74. The average molecular weight is 275 g/mol. The van der Waals surface area contributed by atoms with Gasteiger partial charge in [0.15, 0.2) is 11.5 Å². The lowest BCUT2D eigenvalue weighted by Crippen LogP contribution is -2.25. The largest absolute Gasteiger partial charge is 0.490 e. The second-order valence-electron chi connectivity index (χ2n) is 6.20. The highest BCUT2D eigenvalue weighted by molar-refractivity contribution is 5.44. The molecule has 2 aliphatic rings. The van der Waals surface area contributed by atoms with E-state index >= 15 is 0 Å². The van der Waals surface area contributed by atoms with E-state index in [-0.39, 0.29) is 0 Å². The van der Waals surface area contributed by atoms with Crippen molar-refractivity contribution in [2.45, 2.75) is 39.2 Å². The van der Waals surface area contributed by atoms with Crippen LogP contribution in [0.3, 0.4) is 0 Å². The lowest BCUT2D eigenvalue weighted by Gasteiger charge is -2.19. The third-order valence-electron chi connectivity index (χ3n) is 4.44. The van der Waals surface area contributed by atoms with Crippen molar-refractivity contribution >= 4 is 0 Å². The van der Waals surface area contributed by atoms with Gasteiger partial charge in [0.2, 0.25) is 0 Å². The maximum absolute atomic E-state index is 5.76. The summed E-state index contributed by atoms with van der Waals surface area (Å²) in [6, 6.07) is 6.67. The third kappa shape index (κ3) is 3.26. The molecule has 3 rings (SSSR count). The first kappa shape index (κ1) is 13.7. The number of hydrogen-bond donors (Lipinski definition) is 1. The smallest absolute Gasteiger partial charge is 0.161 e. The summed E-state index contributed by atoms with van der Waals surface area (Å²) in [5.41, 5.74) is 1.28. The molecule has 0 saturated heterocycles. The second-order valence-corrected chi connectivity index (χ2v) is 6.20. The normalized spacial score (nSPS) is 21.1. The monoisotopic (exact) mass is 275 g/mol. The van der Waals surface area contributed by atoms with E-state index in [0.29, 0.717) is 6.04 Å². The van der Waals surface area contributed by atoms with E-state index in [1.807, 2.05) is 6.07 Å². The first-order valence-corrected chi connectivity index (χ1v) is 7.87. The van der Waals surface area contributed by atoms with Crippen LogP contribution in [-0.2, 0) is 0 Å². The summed E-state index contributed by atoms with van der Waals surface area (Å²) in [6.45, 7) is 7.17. The average Bonchev–Trinajstić information content (AvgIpc) is 3.29. The summed E-state index contributed by atoms with van der Waals surface area (Å²) >= 11 is 0. The zero-order valence-corrected chi connectivity index (χ0v) is 12.5. The Bertz CT molecular complexity index is 456. The molecule has 1 N–H and O–H groups in total. The molecule has 1 fully saturated rings. The van der Waals surface area contributed by atoms with Crippen molar-refractivity contribution in [2.24, 2.45) is 11.8 Å². The van der Waals surface area contributed by atoms with Crippen LogP contribution in [0.25, 0.3) is 0 Å². The van der Waals surface area contributed by atoms with E-state index in [1.54, 1.807) is 0 Å². The maximum Gasteiger partial charge on any atom is 0.161 e. The number of rotatable bonds is 5. The van der Waals surface area contributed by atoms with Crippen LogP contribution in [0.5, 0.6) is 11.5 Å². The Morgan fingerprint density at radius 2 is 1.90 bits per heavy atom. The topological polar surface area (TPSA) is 30.5 Å². The van der Waals surface area contributed by atoms with Gasteiger partial charge in [0, 0.05) is 12.5 Å². The molecule has 2 unspecified atom stereocenters. The van der Waals surface area contributed by atoms with Crippen LogP contribution in [0, 0.1) is 11.8 Å². The molecule has 0 bridgehead atoms. The molecule has 3 nitrogen and oxygen atoms in total. The summed E-state index contributed by atoms with van der Waals surface area (Å²) in [6.07, 6.45) is 3.79. The van der Waals surface area contributed by atoms with Gasteiger partial charge in [0.25, 0.3) is 0 Å². The van der Waals surface area contributed by atoms with Crippen molar-refractivity contribution in [1.82, 2.24) is 5.32 Å². The molecule has 1 saturated carbocycles. The Kier molecular flexibility index (Phi) is 4.16. The van der Waals surface area contributed by atoms with Crippen molar-refractivity contribution in [3.05, 3.63) is 23.8 Å². The van der Waals surface area contributed by atoms with Gasteiger partial charge in [-0.15, -0.1) is 0 Å². The van der Waals surface area contributed by atoms with Gasteiger partial charge in [0.1, 0.15) is 0 Å². The molecule has 2 atom stereocenters. The predicted molar refractivity (Wildman–Crippen MR) is 80.4 cm³/mol. The van der Waals surface area contributed by atoms with E-state index in [4.69, 9.17) is 9.47 Å². The molecule has 0 amide bonds. The fourth-order valence-corrected chi connectivity index (χ4v) is 2.76. The molecule has 110 valence electrons. The Morgan fingerprint density at radius 1 is 1.15 bits per heavy atom. The zero-order valence-electron chi connectivity index (χ0n) is 12.5. The van der Waals surface area contributed by atoms with E-state index in [2.05, 4.69) is 31.3 Å². The van der Waals surface area contributed by atoms with Gasteiger partial charge < -0.3 is 14.8 Å². The number of ether oxygens (including phenoxy) is 2. The Morgan fingerprint density at radius 3 is 2.65 bits per heavy atom. The predicted octanol–water partition coefficient (Wildman–Crippen LogP) is 3.54. The van der Waals surface area contributed by atoms with Gasteiger partial charge in [-0.25, -0.2) is 0 Å². The highest BCUT2D eigenvalue weighted by Crippen LogP contribution is 2.36. The minimum Gasteiger partial charge on any atom is -0.490 e. The quantitative estimate of drug-likeness (QED) is 0.891. The van der Waals surface area contributed by atoms with Crippen molar-refractivity contribution in [3.63, 3.8) is 0 Å². The van der Waals surface area contributed by atoms with Crippen LogP contribution in [0.4, 0.5) is 0 Å². The van der Waals surface area contributed by atoms with E-state index < -0.39 is 0 Å². The Balaban J connectivity index is 1.62. The molecule has 0 radical (unpaired) electrons. The van der Waals surface area contributed by atoms with Crippen molar-refractivity contribution in [3.8, 4) is 11.5 Å². The van der Waals surface area contributed by atoms with Crippen LogP contribution in [0.15, 0.2) is 18.2 Å². The molecule has 1 aromatic rings. The minimum atomic E-state index is 0.355. The molecule has 1 aliphatic carbocycles. The number of nitrogens with one attached hydrogen (secondary N) is 1. The molecular weight excluding hydrogens is 250 g/mol. The van der Waals surface area contributed by atoms with Crippen molar-refractivity contribution in [1.29, 1.82) is 0 Å². The van der Waals surface area contributed by atoms with Crippen LogP contribution >= 0.6 is 0 Å². The molecule has 20 heavy (non-hydrogen) atoms. The van der Waals surface area contributed by atoms with Crippen LogP contribution in [0.2, 0.25) is 0 Å². The lowest BCUT2D eigenvalue weighted by molar-refractivity contribution is 0.297. The number of benzene rings is 1. The van der Waals surface area contributed by atoms with Gasteiger partial charge >= 0.3 is 0 Å². The molecular formula is C17H25NO2. The number of hydrogen-bond acceptors (Lipinski definition) is 3. The summed E-state index contributed by atoms with van der Waals surface area (Å²) in [5.74, 6) is 3.52. The Hall–Kier alpha value is -1.22. The van der Waals surface area contributed by atoms with Gasteiger partial charge in [-0.05, 0) is 55.8 Å². The highest BCUT2D eigenvalue weighted by Gasteiger charge is 2.27. The van der Waals surface area contributed by atoms with Crippen LogP contribution in [0.1, 0.15) is 44.7 Å². The molecule has 0 spiro atoms. The van der Waals surface area contributed by atoms with Gasteiger partial charge in [-0.3, -0.25) is 0 Å². The van der Waals surface area contributed by atoms with E-state index in [0.717, 1.165) is 49.5 Å². The van der Waals surface area contributed by atoms with E-state index in [9.17, 15) is 0 Å². The first-order valence-electron chi connectivity index (χ1n) is 7.87. The fraction of sp³-hybridized carbons (Fsp3) is 0.647. The zero-order chi connectivity index (χ0) is 13.9. The maximum atomic E-state index is 5.76. The molecule has 3 heteroatoms. The second kappa shape index (κ2) is 6.04. The number of fused-ring (bicyclic) bond motifs is 1. The van der Waals surface area contributed by atoms with Crippen LogP contribution in [-0.4, -0.2) is 19.8 Å². The molecule has 1 aliphatic heterocycles. The van der Waals surface area contributed by atoms with Gasteiger partial charge in [-0.2, -0.15) is 0 Å². The van der Waals surface area contributed by atoms with Gasteiger partial charge in [0.05, 0.1) is 13.2 Å². The van der Waals surface area contributed by atoms with Gasteiger partial charge in [-0.1, -0.05) is 13.0 Å². The summed E-state index contributed by atoms with van der Waals surface area (Å²) in [4.78, 5) is 0. The van der Waals surface area contributed by atoms with Crippen LogP contribution < -0.4 is 14.8 Å². The Labute approximate surface area is 121 Å².